The fourth-order valence-corrected chi connectivity index (χ4v) is 1.67. The van der Waals surface area contributed by atoms with Gasteiger partial charge in [0.25, 0.3) is 0 Å². The molecule has 0 heterocycles. The van der Waals surface area contributed by atoms with E-state index >= 15 is 0 Å². The van der Waals surface area contributed by atoms with Gasteiger partial charge in [-0.3, -0.25) is 14.9 Å². The van der Waals surface area contributed by atoms with E-state index < -0.39 is 11.9 Å². The van der Waals surface area contributed by atoms with Crippen molar-refractivity contribution in [3.8, 4) is 0 Å². The Labute approximate surface area is 108 Å². The highest BCUT2D eigenvalue weighted by Crippen LogP contribution is 2.03. The molecule has 4 heteroatoms. The van der Waals surface area contributed by atoms with Gasteiger partial charge in [-0.05, 0) is 17.9 Å². The normalized spacial score (nSPS) is 12.2. The lowest BCUT2D eigenvalue weighted by atomic mass is 10.0. The number of carbonyl (C=O) groups excluding carboxylic acids is 2. The van der Waals surface area contributed by atoms with Crippen LogP contribution in [0.5, 0.6) is 0 Å². The monoisotopic (exact) mass is 248 g/mol. The smallest absolute Gasteiger partial charge is 0.243 e. The number of benzene rings is 1. The van der Waals surface area contributed by atoms with E-state index in [-0.39, 0.29) is 12.3 Å². The van der Waals surface area contributed by atoms with E-state index in [2.05, 4.69) is 5.32 Å². The maximum atomic E-state index is 11.6. The molecule has 0 spiro atoms. The summed E-state index contributed by atoms with van der Waals surface area (Å²) >= 11 is 0. The molecule has 98 valence electrons. The van der Waals surface area contributed by atoms with Gasteiger partial charge in [0.1, 0.15) is 0 Å². The summed E-state index contributed by atoms with van der Waals surface area (Å²) < 4.78 is 0. The van der Waals surface area contributed by atoms with Crippen LogP contribution in [0.1, 0.15) is 25.8 Å². The Morgan fingerprint density at radius 2 is 1.83 bits per heavy atom. The number of carbonyl (C=O) groups is 2. The first-order chi connectivity index (χ1) is 8.49. The van der Waals surface area contributed by atoms with Gasteiger partial charge in [-0.2, -0.15) is 0 Å². The highest BCUT2D eigenvalue weighted by molar-refractivity contribution is 5.98. The Balaban J connectivity index is 2.43. The third kappa shape index (κ3) is 5.10. The van der Waals surface area contributed by atoms with E-state index in [1.54, 1.807) is 0 Å². The first-order valence-corrected chi connectivity index (χ1v) is 6.12. The van der Waals surface area contributed by atoms with Gasteiger partial charge in [0.15, 0.2) is 0 Å². The summed E-state index contributed by atoms with van der Waals surface area (Å²) in [7, 11) is 0. The van der Waals surface area contributed by atoms with Gasteiger partial charge in [-0.1, -0.05) is 44.2 Å². The zero-order valence-electron chi connectivity index (χ0n) is 10.8. The van der Waals surface area contributed by atoms with Crippen molar-refractivity contribution >= 4 is 11.8 Å². The predicted molar refractivity (Wildman–Crippen MR) is 70.7 cm³/mol. The van der Waals surface area contributed by atoms with Crippen LogP contribution in [0.25, 0.3) is 0 Å². The minimum atomic E-state index is -0.621. The van der Waals surface area contributed by atoms with Crippen LogP contribution in [0.15, 0.2) is 30.3 Å². The number of hydrogen-bond donors (Lipinski definition) is 2. The van der Waals surface area contributed by atoms with Crippen LogP contribution in [0.4, 0.5) is 0 Å². The van der Waals surface area contributed by atoms with Crippen LogP contribution in [0.3, 0.4) is 0 Å². The molecule has 0 unspecified atom stereocenters. The topological polar surface area (TPSA) is 72.2 Å². The molecule has 0 aliphatic carbocycles. The Morgan fingerprint density at radius 1 is 1.22 bits per heavy atom. The van der Waals surface area contributed by atoms with Crippen molar-refractivity contribution in [2.45, 2.75) is 32.7 Å². The maximum Gasteiger partial charge on any atom is 0.243 e. The molecule has 0 aromatic heterocycles. The van der Waals surface area contributed by atoms with Crippen LogP contribution in [0.2, 0.25) is 0 Å². The fraction of sp³-hybridized carbons (Fsp3) is 0.429. The van der Waals surface area contributed by atoms with Gasteiger partial charge in [-0.25, -0.2) is 0 Å². The van der Waals surface area contributed by atoms with E-state index in [4.69, 9.17) is 5.73 Å². The molecule has 2 amide bonds. The van der Waals surface area contributed by atoms with Crippen molar-refractivity contribution in [2.75, 3.05) is 0 Å². The summed E-state index contributed by atoms with van der Waals surface area (Å²) in [6, 6.07) is 8.66. The summed E-state index contributed by atoms with van der Waals surface area (Å²) in [5.74, 6) is -0.384. The van der Waals surface area contributed by atoms with Crippen LogP contribution in [-0.2, 0) is 16.0 Å². The van der Waals surface area contributed by atoms with Crippen molar-refractivity contribution in [3.63, 3.8) is 0 Å². The zero-order valence-corrected chi connectivity index (χ0v) is 10.8. The summed E-state index contributed by atoms with van der Waals surface area (Å²) in [5.41, 5.74) is 6.57. The molecule has 1 rings (SSSR count). The van der Waals surface area contributed by atoms with Crippen molar-refractivity contribution in [2.24, 2.45) is 11.7 Å². The molecule has 1 aromatic carbocycles. The first kappa shape index (κ1) is 14.4. The number of rotatable bonds is 5. The summed E-state index contributed by atoms with van der Waals surface area (Å²) in [6.45, 7) is 3.97. The minimum Gasteiger partial charge on any atom is -0.320 e. The largest absolute Gasteiger partial charge is 0.320 e. The molecule has 1 aromatic rings. The standard InChI is InChI=1S/C14H20N2O2/c1-10(2)8-12(15)14(18)16-13(17)9-11-6-4-3-5-7-11/h3-7,10,12H,8-9,15H2,1-2H3,(H,16,17,18)/t12-/m0/s1. The van der Waals surface area contributed by atoms with E-state index in [1.807, 2.05) is 44.2 Å². The number of nitrogens with one attached hydrogen (secondary N) is 1. The molecule has 18 heavy (non-hydrogen) atoms. The highest BCUT2D eigenvalue weighted by atomic mass is 16.2. The predicted octanol–water partition coefficient (Wildman–Crippen LogP) is 1.25. The van der Waals surface area contributed by atoms with Gasteiger partial charge in [0, 0.05) is 0 Å². The van der Waals surface area contributed by atoms with E-state index in [9.17, 15) is 9.59 Å². The van der Waals surface area contributed by atoms with Crippen molar-refractivity contribution in [1.82, 2.24) is 5.32 Å². The van der Waals surface area contributed by atoms with E-state index in [0.717, 1.165) is 5.56 Å². The van der Waals surface area contributed by atoms with E-state index in [0.29, 0.717) is 12.3 Å². The lowest BCUT2D eigenvalue weighted by molar-refractivity contribution is -0.131. The number of imide groups is 1. The average Bonchev–Trinajstić information content (AvgIpc) is 2.29. The molecule has 0 radical (unpaired) electrons. The van der Waals surface area contributed by atoms with E-state index in [1.165, 1.54) is 0 Å². The van der Waals surface area contributed by atoms with Gasteiger partial charge >= 0.3 is 0 Å². The fourth-order valence-electron chi connectivity index (χ4n) is 1.67. The Morgan fingerprint density at radius 3 is 2.39 bits per heavy atom. The number of nitrogens with two attached hydrogens (primary N) is 1. The van der Waals surface area contributed by atoms with Gasteiger partial charge in [0.2, 0.25) is 11.8 Å². The molecule has 0 aliphatic heterocycles. The maximum absolute atomic E-state index is 11.6. The lowest BCUT2D eigenvalue weighted by Gasteiger charge is -2.13. The van der Waals surface area contributed by atoms with Crippen molar-refractivity contribution in [1.29, 1.82) is 0 Å². The average molecular weight is 248 g/mol. The highest BCUT2D eigenvalue weighted by Gasteiger charge is 2.17. The van der Waals surface area contributed by atoms with Crippen molar-refractivity contribution < 1.29 is 9.59 Å². The quantitative estimate of drug-likeness (QED) is 0.823. The third-order valence-corrected chi connectivity index (χ3v) is 2.53. The summed E-state index contributed by atoms with van der Waals surface area (Å²) in [5, 5.41) is 2.33. The SMILES string of the molecule is CC(C)C[C@H](N)C(=O)NC(=O)Cc1ccccc1. The van der Waals surface area contributed by atoms with Crippen LogP contribution < -0.4 is 11.1 Å². The minimum absolute atomic E-state index is 0.195. The molecule has 0 fully saturated rings. The second-order valence-electron chi connectivity index (χ2n) is 4.81. The Hall–Kier alpha value is -1.68. The molecule has 0 saturated heterocycles. The molecular formula is C14H20N2O2. The van der Waals surface area contributed by atoms with Gasteiger partial charge < -0.3 is 5.73 Å². The molecule has 1 atom stereocenters. The molecule has 4 nitrogen and oxygen atoms in total. The molecule has 0 aliphatic rings. The number of amides is 2. The third-order valence-electron chi connectivity index (χ3n) is 2.53. The Kier molecular flexibility index (Phi) is 5.52. The molecule has 3 N–H and O–H groups in total. The first-order valence-electron chi connectivity index (χ1n) is 6.12. The Bertz CT molecular complexity index is 402. The second kappa shape index (κ2) is 6.91. The van der Waals surface area contributed by atoms with Gasteiger partial charge in [0.05, 0.1) is 12.5 Å². The van der Waals surface area contributed by atoms with Crippen LogP contribution in [0, 0.1) is 5.92 Å². The van der Waals surface area contributed by atoms with Gasteiger partial charge in [-0.15, -0.1) is 0 Å². The lowest BCUT2D eigenvalue weighted by Crippen LogP contribution is -2.44. The van der Waals surface area contributed by atoms with Crippen LogP contribution in [-0.4, -0.2) is 17.9 Å². The summed E-state index contributed by atoms with van der Waals surface area (Å²) in [6.07, 6.45) is 0.769. The zero-order chi connectivity index (χ0) is 13.5. The molecule has 0 bridgehead atoms. The summed E-state index contributed by atoms with van der Waals surface area (Å²) in [4.78, 5) is 23.2. The van der Waals surface area contributed by atoms with Crippen LogP contribution >= 0.6 is 0 Å². The molecular weight excluding hydrogens is 228 g/mol. The molecule has 0 saturated carbocycles. The second-order valence-corrected chi connectivity index (χ2v) is 4.81. The van der Waals surface area contributed by atoms with Crippen molar-refractivity contribution in [3.05, 3.63) is 35.9 Å². The number of hydrogen-bond acceptors (Lipinski definition) is 3.